The number of likely N-dealkylation sites (tertiary alicyclic amines) is 1. The predicted octanol–water partition coefficient (Wildman–Crippen LogP) is 4.83. The molecule has 2 aromatic heterocycles. The summed E-state index contributed by atoms with van der Waals surface area (Å²) in [5, 5.41) is 13.0. The van der Waals surface area contributed by atoms with E-state index in [1.807, 2.05) is 30.5 Å². The third-order valence-corrected chi connectivity index (χ3v) is 6.30. The van der Waals surface area contributed by atoms with Gasteiger partial charge in [0.15, 0.2) is 0 Å². The third kappa shape index (κ3) is 3.40. The number of Topliss-reactive ketones (excluding diaryl/α,β-unsaturated/α-hetero) is 1. The first kappa shape index (κ1) is 19.2. The molecule has 6 heteroatoms. The van der Waals surface area contributed by atoms with E-state index in [2.05, 4.69) is 6.92 Å². The molecular formula is C23H21NO4S. The van der Waals surface area contributed by atoms with Gasteiger partial charge in [-0.25, -0.2) is 0 Å². The number of amides is 1. The van der Waals surface area contributed by atoms with Gasteiger partial charge in [-0.2, -0.15) is 0 Å². The highest BCUT2D eigenvalue weighted by molar-refractivity contribution is 7.10. The minimum absolute atomic E-state index is 0.122. The second-order valence-corrected chi connectivity index (χ2v) is 7.97. The minimum Gasteiger partial charge on any atom is -0.507 e. The molecular weight excluding hydrogens is 386 g/mol. The molecule has 0 aliphatic carbocycles. The Morgan fingerprint density at radius 2 is 1.93 bits per heavy atom. The van der Waals surface area contributed by atoms with Crippen LogP contribution in [-0.2, 0) is 22.6 Å². The highest BCUT2D eigenvalue weighted by atomic mass is 32.1. The molecule has 0 spiro atoms. The molecule has 0 bridgehead atoms. The molecule has 1 amide bonds. The van der Waals surface area contributed by atoms with E-state index in [0.717, 1.165) is 22.4 Å². The second-order valence-electron chi connectivity index (χ2n) is 7.02. The van der Waals surface area contributed by atoms with E-state index in [0.29, 0.717) is 11.3 Å². The number of furan rings is 1. The number of nitrogens with zero attached hydrogens (tertiary/aromatic N) is 1. The quantitative estimate of drug-likeness (QED) is 0.373. The molecule has 1 aliphatic heterocycles. The average Bonchev–Trinajstić information content (AvgIpc) is 3.45. The summed E-state index contributed by atoms with van der Waals surface area (Å²) in [5.74, 6) is -0.874. The van der Waals surface area contributed by atoms with Crippen molar-refractivity contribution in [2.75, 3.05) is 0 Å². The van der Waals surface area contributed by atoms with E-state index < -0.39 is 17.7 Å². The fourth-order valence-corrected chi connectivity index (χ4v) is 4.65. The third-order valence-electron chi connectivity index (χ3n) is 5.23. The normalized spacial score (nSPS) is 18.6. The first-order valence-corrected chi connectivity index (χ1v) is 10.3. The summed E-state index contributed by atoms with van der Waals surface area (Å²) in [5.41, 5.74) is 2.75. The summed E-state index contributed by atoms with van der Waals surface area (Å²) in [6.07, 6.45) is 2.41. The van der Waals surface area contributed by atoms with Crippen LogP contribution in [0.15, 0.2) is 64.1 Å². The minimum atomic E-state index is -0.675. The molecule has 4 rings (SSSR count). The highest BCUT2D eigenvalue weighted by Gasteiger charge is 2.47. The maximum Gasteiger partial charge on any atom is 0.296 e. The number of aryl methyl sites for hydroxylation is 2. The number of aliphatic hydroxyl groups excluding tert-OH is 1. The van der Waals surface area contributed by atoms with Crippen molar-refractivity contribution in [2.24, 2.45) is 0 Å². The van der Waals surface area contributed by atoms with Crippen molar-refractivity contribution in [1.29, 1.82) is 0 Å². The molecule has 29 heavy (non-hydrogen) atoms. The van der Waals surface area contributed by atoms with Gasteiger partial charge < -0.3 is 14.4 Å². The van der Waals surface area contributed by atoms with Crippen LogP contribution in [-0.4, -0.2) is 21.7 Å². The van der Waals surface area contributed by atoms with E-state index in [1.165, 1.54) is 22.5 Å². The number of hydrogen-bond acceptors (Lipinski definition) is 5. The summed E-state index contributed by atoms with van der Waals surface area (Å²) in [6, 6.07) is 12.2. The van der Waals surface area contributed by atoms with Crippen LogP contribution in [0, 0.1) is 6.92 Å². The lowest BCUT2D eigenvalue weighted by Gasteiger charge is -2.24. The van der Waals surface area contributed by atoms with E-state index in [-0.39, 0.29) is 17.9 Å². The van der Waals surface area contributed by atoms with Gasteiger partial charge in [0.1, 0.15) is 17.6 Å². The average molecular weight is 407 g/mol. The summed E-state index contributed by atoms with van der Waals surface area (Å²) in [4.78, 5) is 28.2. The highest BCUT2D eigenvalue weighted by Crippen LogP contribution is 2.43. The number of aliphatic hydroxyl groups is 1. The van der Waals surface area contributed by atoms with Crippen molar-refractivity contribution in [3.05, 3.63) is 87.0 Å². The Kier molecular flexibility index (Phi) is 5.11. The van der Waals surface area contributed by atoms with Gasteiger partial charge in [0.05, 0.1) is 18.4 Å². The molecule has 1 aliphatic rings. The zero-order chi connectivity index (χ0) is 20.5. The Bertz CT molecular complexity index is 1080. The number of rotatable bonds is 5. The summed E-state index contributed by atoms with van der Waals surface area (Å²) >= 11 is 1.47. The van der Waals surface area contributed by atoms with Gasteiger partial charge >= 0.3 is 0 Å². The van der Waals surface area contributed by atoms with Crippen molar-refractivity contribution in [3.63, 3.8) is 0 Å². The Morgan fingerprint density at radius 3 is 2.52 bits per heavy atom. The second kappa shape index (κ2) is 7.72. The van der Waals surface area contributed by atoms with Gasteiger partial charge in [-0.05, 0) is 48.1 Å². The molecule has 1 unspecified atom stereocenters. The van der Waals surface area contributed by atoms with E-state index in [4.69, 9.17) is 4.42 Å². The van der Waals surface area contributed by atoms with Gasteiger partial charge in [0, 0.05) is 10.4 Å². The van der Waals surface area contributed by atoms with Crippen LogP contribution in [0.4, 0.5) is 0 Å². The van der Waals surface area contributed by atoms with Crippen LogP contribution in [0.2, 0.25) is 0 Å². The van der Waals surface area contributed by atoms with Crippen molar-refractivity contribution < 1.29 is 19.1 Å². The largest absolute Gasteiger partial charge is 0.507 e. The van der Waals surface area contributed by atoms with Gasteiger partial charge in [0.25, 0.3) is 11.7 Å². The number of thiophene rings is 1. The number of ketones is 1. The number of carbonyl (C=O) groups excluding carboxylic acids is 2. The van der Waals surface area contributed by atoms with E-state index >= 15 is 0 Å². The van der Waals surface area contributed by atoms with Crippen LogP contribution >= 0.6 is 11.3 Å². The predicted molar refractivity (Wildman–Crippen MR) is 111 cm³/mol. The van der Waals surface area contributed by atoms with Gasteiger partial charge in [-0.3, -0.25) is 9.59 Å². The lowest BCUT2D eigenvalue weighted by Crippen LogP contribution is -2.28. The molecule has 1 fully saturated rings. The van der Waals surface area contributed by atoms with Crippen molar-refractivity contribution >= 4 is 28.8 Å². The molecule has 0 radical (unpaired) electrons. The van der Waals surface area contributed by atoms with Gasteiger partial charge in [-0.15, -0.1) is 11.3 Å². The maximum absolute atomic E-state index is 13.0. The van der Waals surface area contributed by atoms with Crippen molar-refractivity contribution in [3.8, 4) is 0 Å². The van der Waals surface area contributed by atoms with Crippen LogP contribution in [0.1, 0.15) is 40.3 Å². The summed E-state index contributed by atoms with van der Waals surface area (Å²) in [6.45, 7) is 4.15. The first-order valence-electron chi connectivity index (χ1n) is 9.45. The Balaban J connectivity index is 1.84. The molecule has 3 heterocycles. The van der Waals surface area contributed by atoms with Crippen LogP contribution in [0.25, 0.3) is 5.76 Å². The zero-order valence-corrected chi connectivity index (χ0v) is 17.0. The molecule has 0 saturated carbocycles. The lowest BCUT2D eigenvalue weighted by molar-refractivity contribution is -0.140. The monoisotopic (exact) mass is 407 g/mol. The van der Waals surface area contributed by atoms with Gasteiger partial charge in [0.2, 0.25) is 0 Å². The van der Waals surface area contributed by atoms with Crippen LogP contribution < -0.4 is 0 Å². The number of benzene rings is 1. The molecule has 1 saturated heterocycles. The summed E-state index contributed by atoms with van der Waals surface area (Å²) < 4.78 is 5.40. The Morgan fingerprint density at radius 1 is 1.17 bits per heavy atom. The fraction of sp³-hybridized carbons (Fsp3) is 0.217. The molecule has 5 nitrogen and oxygen atoms in total. The standard InChI is InChI=1S/C23H21NO4S/c1-3-15-6-8-16(9-7-15)20(25)18-19(22-14(2)10-12-29-22)24(23(27)21(18)26)13-17-5-4-11-28-17/h4-12,19,25H,3,13H2,1-2H3/b20-18-. The van der Waals surface area contributed by atoms with Gasteiger partial charge in [-0.1, -0.05) is 31.2 Å². The number of carbonyl (C=O) groups is 2. The molecule has 148 valence electrons. The molecule has 3 aromatic rings. The fourth-order valence-electron chi connectivity index (χ4n) is 3.60. The number of hydrogen-bond donors (Lipinski definition) is 1. The van der Waals surface area contributed by atoms with Crippen LogP contribution in [0.5, 0.6) is 0 Å². The zero-order valence-electron chi connectivity index (χ0n) is 16.2. The topological polar surface area (TPSA) is 70.8 Å². The summed E-state index contributed by atoms with van der Waals surface area (Å²) in [7, 11) is 0. The van der Waals surface area contributed by atoms with Crippen LogP contribution in [0.3, 0.4) is 0 Å². The smallest absolute Gasteiger partial charge is 0.296 e. The molecule has 1 aromatic carbocycles. The van der Waals surface area contributed by atoms with E-state index in [9.17, 15) is 14.7 Å². The lowest BCUT2D eigenvalue weighted by atomic mass is 9.97. The van der Waals surface area contributed by atoms with Crippen molar-refractivity contribution in [1.82, 2.24) is 4.90 Å². The Hall–Kier alpha value is -3.12. The molecule has 1 N–H and O–H groups in total. The SMILES string of the molecule is CCc1ccc(/C(O)=C2/C(=O)C(=O)N(Cc3ccco3)C2c2sccc2C)cc1. The first-order chi connectivity index (χ1) is 14.0. The molecule has 1 atom stereocenters. The maximum atomic E-state index is 13.0. The van der Waals surface area contributed by atoms with E-state index in [1.54, 1.807) is 24.3 Å². The Labute approximate surface area is 172 Å². The van der Waals surface area contributed by atoms with Crippen molar-refractivity contribution in [2.45, 2.75) is 32.9 Å².